The van der Waals surface area contributed by atoms with Crippen LogP contribution in [0, 0.1) is 0 Å². The van der Waals surface area contributed by atoms with E-state index in [9.17, 15) is 4.79 Å². The lowest BCUT2D eigenvalue weighted by Crippen LogP contribution is -2.38. The number of rotatable bonds is 5. The molecule has 0 aliphatic carbocycles. The molecule has 1 amide bonds. The highest BCUT2D eigenvalue weighted by Gasteiger charge is 2.27. The van der Waals surface area contributed by atoms with E-state index < -0.39 is 0 Å². The van der Waals surface area contributed by atoms with Crippen molar-refractivity contribution in [2.24, 2.45) is 0 Å². The first kappa shape index (κ1) is 11.9. The quantitative estimate of drug-likeness (QED) is 0.769. The zero-order valence-electron chi connectivity index (χ0n) is 10.1. The third-order valence-electron chi connectivity index (χ3n) is 2.93. The van der Waals surface area contributed by atoms with Gasteiger partial charge in [0.1, 0.15) is 12.4 Å². The van der Waals surface area contributed by atoms with Gasteiger partial charge in [-0.15, -0.1) is 0 Å². The molecule has 1 aromatic carbocycles. The average Bonchev–Trinajstić information content (AvgIpc) is 2.67. The molecule has 1 fully saturated rings. The fraction of sp³-hybridized carbons (Fsp3) is 0.462. The fourth-order valence-corrected chi connectivity index (χ4v) is 1.93. The molecule has 1 aliphatic rings. The summed E-state index contributed by atoms with van der Waals surface area (Å²) in [4.78, 5) is 13.4. The lowest BCUT2D eigenvalue weighted by atomic mass is 10.2. The van der Waals surface area contributed by atoms with Crippen molar-refractivity contribution in [1.29, 1.82) is 0 Å². The Morgan fingerprint density at radius 1 is 1.41 bits per heavy atom. The highest BCUT2D eigenvalue weighted by molar-refractivity contribution is 5.83. The van der Waals surface area contributed by atoms with Gasteiger partial charge >= 0.3 is 0 Å². The van der Waals surface area contributed by atoms with E-state index in [1.807, 2.05) is 37.4 Å². The van der Waals surface area contributed by atoms with Gasteiger partial charge < -0.3 is 15.0 Å². The summed E-state index contributed by atoms with van der Waals surface area (Å²) >= 11 is 0. The predicted molar refractivity (Wildman–Crippen MR) is 66.0 cm³/mol. The van der Waals surface area contributed by atoms with Crippen LogP contribution in [0.4, 0.5) is 0 Å². The van der Waals surface area contributed by atoms with Gasteiger partial charge in [-0.2, -0.15) is 0 Å². The Bertz CT molecular complexity index is 367. The summed E-state index contributed by atoms with van der Waals surface area (Å²) in [6.45, 7) is 2.12. The standard InChI is InChI=1S/C13H18N2O2/c1-15-9-7-12(13(15)16)14-8-10-17-11-5-3-2-4-6-11/h2-6,12,14H,7-10H2,1H3. The van der Waals surface area contributed by atoms with Crippen LogP contribution in [0.5, 0.6) is 5.75 Å². The van der Waals surface area contributed by atoms with Gasteiger partial charge in [-0.3, -0.25) is 4.79 Å². The minimum Gasteiger partial charge on any atom is -0.492 e. The normalized spacial score (nSPS) is 19.7. The Balaban J connectivity index is 1.65. The first-order valence-corrected chi connectivity index (χ1v) is 5.93. The number of amides is 1. The Morgan fingerprint density at radius 3 is 2.82 bits per heavy atom. The molecule has 92 valence electrons. The van der Waals surface area contributed by atoms with Crippen LogP contribution < -0.4 is 10.1 Å². The molecule has 2 rings (SSSR count). The van der Waals surface area contributed by atoms with Crippen molar-refractivity contribution >= 4 is 5.91 Å². The van der Waals surface area contributed by atoms with Crippen molar-refractivity contribution in [3.8, 4) is 5.75 Å². The first-order valence-electron chi connectivity index (χ1n) is 5.93. The molecule has 0 saturated carbocycles. The van der Waals surface area contributed by atoms with Crippen LogP contribution in [0.1, 0.15) is 6.42 Å². The van der Waals surface area contributed by atoms with Crippen molar-refractivity contribution in [1.82, 2.24) is 10.2 Å². The first-order chi connectivity index (χ1) is 8.27. The number of hydrogen-bond donors (Lipinski definition) is 1. The Hall–Kier alpha value is -1.55. The number of hydrogen-bond acceptors (Lipinski definition) is 3. The van der Waals surface area contributed by atoms with Gasteiger partial charge in [-0.05, 0) is 18.6 Å². The molecule has 1 aliphatic heterocycles. The van der Waals surface area contributed by atoms with Crippen molar-refractivity contribution in [3.05, 3.63) is 30.3 Å². The van der Waals surface area contributed by atoms with Gasteiger partial charge in [-0.1, -0.05) is 18.2 Å². The second-order valence-electron chi connectivity index (χ2n) is 4.22. The Labute approximate surface area is 102 Å². The molecule has 0 radical (unpaired) electrons. The third kappa shape index (κ3) is 3.20. The van der Waals surface area contributed by atoms with Crippen molar-refractivity contribution in [3.63, 3.8) is 0 Å². The monoisotopic (exact) mass is 234 g/mol. The molecular formula is C13H18N2O2. The van der Waals surface area contributed by atoms with Crippen LogP contribution in [0.15, 0.2) is 30.3 Å². The van der Waals surface area contributed by atoms with Gasteiger partial charge in [0.05, 0.1) is 6.04 Å². The van der Waals surface area contributed by atoms with E-state index in [1.165, 1.54) is 0 Å². The predicted octanol–water partition coefficient (Wildman–Crippen LogP) is 0.886. The lowest BCUT2D eigenvalue weighted by molar-refractivity contribution is -0.128. The zero-order valence-corrected chi connectivity index (χ0v) is 10.1. The maximum Gasteiger partial charge on any atom is 0.239 e. The van der Waals surface area contributed by atoms with E-state index in [0.717, 1.165) is 18.7 Å². The van der Waals surface area contributed by atoms with Gasteiger partial charge in [0.2, 0.25) is 5.91 Å². The maximum atomic E-state index is 11.6. The summed E-state index contributed by atoms with van der Waals surface area (Å²) in [7, 11) is 1.84. The van der Waals surface area contributed by atoms with Crippen molar-refractivity contribution < 1.29 is 9.53 Å². The number of carbonyl (C=O) groups excluding carboxylic acids is 1. The number of ether oxygens (including phenoxy) is 1. The van der Waals surface area contributed by atoms with Crippen molar-refractivity contribution in [2.45, 2.75) is 12.5 Å². The molecule has 1 N–H and O–H groups in total. The largest absolute Gasteiger partial charge is 0.492 e. The Kier molecular flexibility index (Phi) is 3.98. The second-order valence-corrected chi connectivity index (χ2v) is 4.22. The highest BCUT2D eigenvalue weighted by atomic mass is 16.5. The lowest BCUT2D eigenvalue weighted by Gasteiger charge is -2.12. The molecule has 1 saturated heterocycles. The van der Waals surface area contributed by atoms with E-state index in [0.29, 0.717) is 13.2 Å². The number of carbonyl (C=O) groups is 1. The van der Waals surface area contributed by atoms with Crippen LogP contribution in [-0.4, -0.2) is 43.6 Å². The van der Waals surface area contributed by atoms with Gasteiger partial charge in [-0.25, -0.2) is 0 Å². The molecule has 1 unspecified atom stereocenters. The summed E-state index contributed by atoms with van der Waals surface area (Å²) in [6.07, 6.45) is 0.890. The number of likely N-dealkylation sites (tertiary alicyclic amines) is 1. The number of benzene rings is 1. The highest BCUT2D eigenvalue weighted by Crippen LogP contribution is 2.09. The fourth-order valence-electron chi connectivity index (χ4n) is 1.93. The number of nitrogens with zero attached hydrogens (tertiary/aromatic N) is 1. The molecule has 4 nitrogen and oxygen atoms in total. The van der Waals surface area contributed by atoms with Crippen LogP contribution in [0.3, 0.4) is 0 Å². The number of para-hydroxylation sites is 1. The van der Waals surface area contributed by atoms with Crippen LogP contribution in [0.25, 0.3) is 0 Å². The van der Waals surface area contributed by atoms with E-state index >= 15 is 0 Å². The van der Waals surface area contributed by atoms with Crippen LogP contribution in [0.2, 0.25) is 0 Å². The van der Waals surface area contributed by atoms with E-state index in [1.54, 1.807) is 4.90 Å². The molecule has 0 spiro atoms. The van der Waals surface area contributed by atoms with Gasteiger partial charge in [0.25, 0.3) is 0 Å². The number of nitrogens with one attached hydrogen (secondary N) is 1. The molecule has 17 heavy (non-hydrogen) atoms. The van der Waals surface area contributed by atoms with E-state index in [4.69, 9.17) is 4.74 Å². The molecule has 1 aromatic rings. The summed E-state index contributed by atoms with van der Waals surface area (Å²) in [5.41, 5.74) is 0. The Morgan fingerprint density at radius 2 is 2.18 bits per heavy atom. The van der Waals surface area contributed by atoms with Gasteiger partial charge in [0, 0.05) is 20.1 Å². The van der Waals surface area contributed by atoms with Crippen LogP contribution in [-0.2, 0) is 4.79 Å². The summed E-state index contributed by atoms with van der Waals surface area (Å²) < 4.78 is 5.54. The second kappa shape index (κ2) is 5.68. The third-order valence-corrected chi connectivity index (χ3v) is 2.93. The minimum atomic E-state index is -0.0284. The topological polar surface area (TPSA) is 41.6 Å². The molecule has 4 heteroatoms. The average molecular weight is 234 g/mol. The molecule has 0 aromatic heterocycles. The smallest absolute Gasteiger partial charge is 0.239 e. The molecule has 0 bridgehead atoms. The zero-order chi connectivity index (χ0) is 12.1. The molecular weight excluding hydrogens is 216 g/mol. The summed E-state index contributed by atoms with van der Waals surface area (Å²) in [5.74, 6) is 1.05. The number of likely N-dealkylation sites (N-methyl/N-ethyl adjacent to an activating group) is 1. The van der Waals surface area contributed by atoms with E-state index in [-0.39, 0.29) is 11.9 Å². The summed E-state index contributed by atoms with van der Waals surface area (Å²) in [6, 6.07) is 9.66. The minimum absolute atomic E-state index is 0.0284. The van der Waals surface area contributed by atoms with E-state index in [2.05, 4.69) is 5.32 Å². The van der Waals surface area contributed by atoms with Gasteiger partial charge in [0.15, 0.2) is 0 Å². The summed E-state index contributed by atoms with van der Waals surface area (Å²) in [5, 5.41) is 3.22. The molecule has 1 atom stereocenters. The SMILES string of the molecule is CN1CCC(NCCOc2ccccc2)C1=O. The van der Waals surface area contributed by atoms with Crippen molar-refractivity contribution in [2.75, 3.05) is 26.7 Å². The maximum absolute atomic E-state index is 11.6. The molecule has 1 heterocycles. The van der Waals surface area contributed by atoms with Crippen LogP contribution >= 0.6 is 0 Å².